The lowest BCUT2D eigenvalue weighted by Crippen LogP contribution is -2.16. The van der Waals surface area contributed by atoms with Crippen LogP contribution in [0.15, 0.2) is 6.08 Å². The van der Waals surface area contributed by atoms with Crippen LogP contribution < -0.4 is 0 Å². The fraction of sp³-hybridized carbons (Fsp3) is 0.778. The van der Waals surface area contributed by atoms with Gasteiger partial charge in [-0.25, -0.2) is 0 Å². The average molecular weight is 123 g/mol. The predicted molar refractivity (Wildman–Crippen MR) is 40.0 cm³/mol. The molecule has 1 aliphatic carbocycles. The van der Waals surface area contributed by atoms with Crippen molar-refractivity contribution < 1.29 is 0 Å². The first kappa shape index (κ1) is 6.85. The molecular formula is C9H15. The van der Waals surface area contributed by atoms with Crippen molar-refractivity contribution in [1.82, 2.24) is 0 Å². The SMILES string of the molecule is CC1C[C]=CC(C)(C)C1. The van der Waals surface area contributed by atoms with Crippen LogP contribution in [0.1, 0.15) is 33.6 Å². The van der Waals surface area contributed by atoms with Crippen LogP contribution in [0.3, 0.4) is 0 Å². The zero-order valence-corrected chi connectivity index (χ0v) is 6.57. The quantitative estimate of drug-likeness (QED) is 0.464. The van der Waals surface area contributed by atoms with E-state index in [9.17, 15) is 0 Å². The highest BCUT2D eigenvalue weighted by Gasteiger charge is 2.20. The second kappa shape index (κ2) is 2.17. The van der Waals surface area contributed by atoms with E-state index in [-0.39, 0.29) is 0 Å². The van der Waals surface area contributed by atoms with Crippen molar-refractivity contribution in [2.24, 2.45) is 11.3 Å². The van der Waals surface area contributed by atoms with Gasteiger partial charge in [0.25, 0.3) is 0 Å². The predicted octanol–water partition coefficient (Wildman–Crippen LogP) is 2.80. The minimum atomic E-state index is 0.414. The molecule has 0 fully saturated rings. The molecular weight excluding hydrogens is 108 g/mol. The molecule has 0 nitrogen and oxygen atoms in total. The van der Waals surface area contributed by atoms with Crippen molar-refractivity contribution in [3.63, 3.8) is 0 Å². The summed E-state index contributed by atoms with van der Waals surface area (Å²) in [4.78, 5) is 0. The van der Waals surface area contributed by atoms with Crippen molar-refractivity contribution in [2.45, 2.75) is 33.6 Å². The summed E-state index contributed by atoms with van der Waals surface area (Å²) in [5, 5.41) is 0. The second-order valence-electron chi connectivity index (χ2n) is 3.85. The first-order valence-electron chi connectivity index (χ1n) is 3.68. The van der Waals surface area contributed by atoms with Crippen LogP contribution in [0, 0.1) is 17.4 Å². The summed E-state index contributed by atoms with van der Waals surface area (Å²) in [6, 6.07) is 0. The molecule has 1 atom stereocenters. The van der Waals surface area contributed by atoms with Crippen LogP contribution in [0.2, 0.25) is 0 Å². The first-order valence-corrected chi connectivity index (χ1v) is 3.68. The lowest BCUT2D eigenvalue weighted by atomic mass is 9.78. The van der Waals surface area contributed by atoms with Gasteiger partial charge in [0.1, 0.15) is 0 Å². The molecule has 9 heavy (non-hydrogen) atoms. The second-order valence-corrected chi connectivity index (χ2v) is 3.85. The minimum absolute atomic E-state index is 0.414. The Bertz CT molecular complexity index is 120. The van der Waals surface area contributed by atoms with Gasteiger partial charge in [-0.05, 0) is 30.3 Å². The van der Waals surface area contributed by atoms with Crippen LogP contribution in [0.5, 0.6) is 0 Å². The van der Waals surface area contributed by atoms with E-state index in [1.807, 2.05) is 0 Å². The van der Waals surface area contributed by atoms with Crippen LogP contribution in [0.4, 0.5) is 0 Å². The average Bonchev–Trinajstić information content (AvgIpc) is 1.60. The van der Waals surface area contributed by atoms with E-state index >= 15 is 0 Å². The van der Waals surface area contributed by atoms with Crippen LogP contribution >= 0.6 is 0 Å². The highest BCUT2D eigenvalue weighted by Crippen LogP contribution is 2.32. The summed E-state index contributed by atoms with van der Waals surface area (Å²) in [7, 11) is 0. The van der Waals surface area contributed by atoms with Crippen LogP contribution in [-0.4, -0.2) is 0 Å². The van der Waals surface area contributed by atoms with Crippen molar-refractivity contribution in [3.05, 3.63) is 12.2 Å². The highest BCUT2D eigenvalue weighted by molar-refractivity contribution is 4.96. The Morgan fingerprint density at radius 3 is 2.56 bits per heavy atom. The van der Waals surface area contributed by atoms with Gasteiger partial charge in [-0.2, -0.15) is 0 Å². The maximum Gasteiger partial charge on any atom is -0.0166 e. The van der Waals surface area contributed by atoms with Gasteiger partial charge >= 0.3 is 0 Å². The molecule has 0 heterocycles. The van der Waals surface area contributed by atoms with Crippen molar-refractivity contribution in [3.8, 4) is 0 Å². The van der Waals surface area contributed by atoms with E-state index < -0.39 is 0 Å². The lowest BCUT2D eigenvalue weighted by Gasteiger charge is -2.27. The monoisotopic (exact) mass is 123 g/mol. The smallest absolute Gasteiger partial charge is 0.0166 e. The van der Waals surface area contributed by atoms with E-state index in [2.05, 4.69) is 32.9 Å². The van der Waals surface area contributed by atoms with Crippen LogP contribution in [0.25, 0.3) is 0 Å². The molecule has 0 heteroatoms. The van der Waals surface area contributed by atoms with Gasteiger partial charge in [-0.15, -0.1) is 0 Å². The van der Waals surface area contributed by atoms with Gasteiger partial charge in [0.05, 0.1) is 0 Å². The Morgan fingerprint density at radius 2 is 2.22 bits per heavy atom. The number of allylic oxidation sites excluding steroid dienone is 2. The largest absolute Gasteiger partial charge is 0.0754 e. The summed E-state index contributed by atoms with van der Waals surface area (Å²) < 4.78 is 0. The third-order valence-electron chi connectivity index (χ3n) is 1.83. The van der Waals surface area contributed by atoms with Gasteiger partial charge in [-0.3, -0.25) is 0 Å². The standard InChI is InChI=1S/C9H15/c1-8-5-4-6-9(2,3)7-8/h6,8H,5,7H2,1-3H3. The van der Waals surface area contributed by atoms with Gasteiger partial charge in [0, 0.05) is 0 Å². The Balaban J connectivity index is 2.60. The van der Waals surface area contributed by atoms with Gasteiger partial charge in [0.2, 0.25) is 0 Å². The Labute approximate surface area is 58.0 Å². The summed E-state index contributed by atoms with van der Waals surface area (Å²) in [5.41, 5.74) is 0.414. The number of hydrogen-bond donors (Lipinski definition) is 0. The Hall–Kier alpha value is -0.260. The maximum absolute atomic E-state index is 3.30. The minimum Gasteiger partial charge on any atom is -0.0754 e. The normalized spacial score (nSPS) is 32.6. The third kappa shape index (κ3) is 1.85. The van der Waals surface area contributed by atoms with Crippen molar-refractivity contribution in [2.75, 3.05) is 0 Å². The third-order valence-corrected chi connectivity index (χ3v) is 1.83. The topological polar surface area (TPSA) is 0 Å². The highest BCUT2D eigenvalue weighted by atomic mass is 14.2. The molecule has 0 saturated carbocycles. The molecule has 0 aromatic carbocycles. The number of hydrogen-bond acceptors (Lipinski definition) is 0. The summed E-state index contributed by atoms with van der Waals surface area (Å²) in [6.07, 6.45) is 7.99. The maximum atomic E-state index is 3.30. The molecule has 0 N–H and O–H groups in total. The zero-order valence-electron chi connectivity index (χ0n) is 6.57. The molecule has 1 radical (unpaired) electrons. The molecule has 0 amide bonds. The summed E-state index contributed by atoms with van der Waals surface area (Å²) >= 11 is 0. The van der Waals surface area contributed by atoms with Gasteiger partial charge in [0.15, 0.2) is 0 Å². The lowest BCUT2D eigenvalue weighted by molar-refractivity contribution is 0.326. The zero-order chi connectivity index (χ0) is 6.91. The summed E-state index contributed by atoms with van der Waals surface area (Å²) in [6.45, 7) is 6.84. The van der Waals surface area contributed by atoms with E-state index in [4.69, 9.17) is 0 Å². The molecule has 0 spiro atoms. The first-order chi connectivity index (χ1) is 4.10. The van der Waals surface area contributed by atoms with Crippen molar-refractivity contribution in [1.29, 1.82) is 0 Å². The van der Waals surface area contributed by atoms with Gasteiger partial charge < -0.3 is 0 Å². The van der Waals surface area contributed by atoms with Crippen molar-refractivity contribution >= 4 is 0 Å². The van der Waals surface area contributed by atoms with Crippen LogP contribution in [-0.2, 0) is 0 Å². The molecule has 0 aromatic rings. The Kier molecular flexibility index (Phi) is 1.65. The molecule has 0 aliphatic heterocycles. The molecule has 0 saturated heterocycles. The van der Waals surface area contributed by atoms with E-state index in [1.54, 1.807) is 0 Å². The fourth-order valence-corrected chi connectivity index (χ4v) is 1.57. The molecule has 1 unspecified atom stereocenters. The number of rotatable bonds is 0. The molecule has 0 aromatic heterocycles. The van der Waals surface area contributed by atoms with Gasteiger partial charge in [-0.1, -0.05) is 26.8 Å². The molecule has 51 valence electrons. The molecule has 1 aliphatic rings. The summed E-state index contributed by atoms with van der Waals surface area (Å²) in [5.74, 6) is 0.838. The fourth-order valence-electron chi connectivity index (χ4n) is 1.57. The molecule has 0 bridgehead atoms. The molecule has 1 rings (SSSR count). The van der Waals surface area contributed by atoms with E-state index in [0.29, 0.717) is 5.41 Å². The van der Waals surface area contributed by atoms with E-state index in [0.717, 1.165) is 12.3 Å². The Morgan fingerprint density at radius 1 is 1.56 bits per heavy atom. The van der Waals surface area contributed by atoms with E-state index in [1.165, 1.54) is 6.42 Å².